The molecule has 0 amide bonds. The molecule has 4 nitrogen and oxygen atoms in total. The van der Waals surface area contributed by atoms with E-state index in [-0.39, 0.29) is 6.10 Å². The van der Waals surface area contributed by atoms with Gasteiger partial charge in [-0.05, 0) is 37.0 Å². The third kappa shape index (κ3) is 3.44. The normalized spacial score (nSPS) is 19.5. The van der Waals surface area contributed by atoms with Gasteiger partial charge in [0.1, 0.15) is 5.75 Å². The van der Waals surface area contributed by atoms with Crippen molar-refractivity contribution < 1.29 is 13.2 Å². The van der Waals surface area contributed by atoms with E-state index in [1.165, 1.54) is 0 Å². The van der Waals surface area contributed by atoms with E-state index in [2.05, 4.69) is 11.6 Å². The number of hydrogen-bond acceptors (Lipinski definition) is 3. The minimum Gasteiger partial charge on any atom is -0.490 e. The molecule has 0 fully saturated rings. The van der Waals surface area contributed by atoms with Gasteiger partial charge in [0, 0.05) is 6.54 Å². The molecular weight excluding hydrogens is 238 g/mol. The Balaban J connectivity index is 2.11. The summed E-state index contributed by atoms with van der Waals surface area (Å²) >= 11 is 0. The Hall–Kier alpha value is -1.07. The van der Waals surface area contributed by atoms with E-state index in [4.69, 9.17) is 4.74 Å². The molecule has 2 rings (SSSR count). The predicted molar refractivity (Wildman–Crippen MR) is 66.5 cm³/mol. The molecule has 1 heterocycles. The first-order valence-electron chi connectivity index (χ1n) is 5.67. The first-order chi connectivity index (χ1) is 7.94. The lowest BCUT2D eigenvalue weighted by atomic mass is 10.0. The zero-order chi connectivity index (χ0) is 12.5. The average molecular weight is 255 g/mol. The smallest absolute Gasteiger partial charge is 0.209 e. The van der Waals surface area contributed by atoms with E-state index in [0.29, 0.717) is 6.54 Å². The van der Waals surface area contributed by atoms with E-state index in [1.807, 2.05) is 18.2 Å². The number of nitrogens with one attached hydrogen (secondary N) is 1. The monoisotopic (exact) mass is 255 g/mol. The van der Waals surface area contributed by atoms with Crippen molar-refractivity contribution in [1.29, 1.82) is 0 Å². The molecule has 0 aromatic heterocycles. The molecule has 1 aliphatic rings. The van der Waals surface area contributed by atoms with Gasteiger partial charge in [0.2, 0.25) is 10.0 Å². The van der Waals surface area contributed by atoms with Crippen LogP contribution in [0.25, 0.3) is 0 Å². The van der Waals surface area contributed by atoms with Crippen LogP contribution in [0.5, 0.6) is 5.75 Å². The number of aryl methyl sites for hydroxylation is 1. The van der Waals surface area contributed by atoms with Crippen LogP contribution < -0.4 is 9.46 Å². The quantitative estimate of drug-likeness (QED) is 0.889. The van der Waals surface area contributed by atoms with Crippen molar-refractivity contribution in [2.45, 2.75) is 32.4 Å². The fraction of sp³-hybridized carbons (Fsp3) is 0.500. The summed E-state index contributed by atoms with van der Waals surface area (Å²) in [6.45, 7) is 2.39. The largest absolute Gasteiger partial charge is 0.490 e. The molecule has 0 bridgehead atoms. The Bertz CT molecular complexity index is 510. The van der Waals surface area contributed by atoms with Gasteiger partial charge >= 0.3 is 0 Å². The van der Waals surface area contributed by atoms with Crippen LogP contribution in [0.2, 0.25) is 0 Å². The van der Waals surface area contributed by atoms with Crippen LogP contribution in [-0.4, -0.2) is 20.8 Å². The highest BCUT2D eigenvalue weighted by Crippen LogP contribution is 2.28. The second-order valence-electron chi connectivity index (χ2n) is 4.50. The molecule has 1 N–H and O–H groups in total. The number of sulfonamides is 1. The topological polar surface area (TPSA) is 55.4 Å². The number of benzene rings is 1. The van der Waals surface area contributed by atoms with E-state index in [9.17, 15) is 8.42 Å². The minimum atomic E-state index is -3.13. The Kier molecular flexibility index (Phi) is 3.40. The molecule has 0 radical (unpaired) electrons. The van der Waals surface area contributed by atoms with Crippen LogP contribution in [0, 0.1) is 0 Å². The van der Waals surface area contributed by atoms with Gasteiger partial charge in [-0.25, -0.2) is 13.1 Å². The van der Waals surface area contributed by atoms with Crippen molar-refractivity contribution in [1.82, 2.24) is 4.72 Å². The highest BCUT2D eigenvalue weighted by atomic mass is 32.2. The Morgan fingerprint density at radius 2 is 2.24 bits per heavy atom. The number of hydrogen-bond donors (Lipinski definition) is 1. The molecule has 1 aromatic rings. The summed E-state index contributed by atoms with van der Waals surface area (Å²) in [5, 5.41) is 0. The summed E-state index contributed by atoms with van der Waals surface area (Å²) in [6.07, 6.45) is 3.43. The van der Waals surface area contributed by atoms with Crippen molar-refractivity contribution in [3.8, 4) is 5.75 Å². The van der Waals surface area contributed by atoms with Crippen LogP contribution in [0.15, 0.2) is 18.2 Å². The predicted octanol–water partition coefficient (Wildman–Crippen LogP) is 1.45. The molecule has 1 unspecified atom stereocenters. The minimum absolute atomic E-state index is 0.266. The van der Waals surface area contributed by atoms with Crippen molar-refractivity contribution in [3.63, 3.8) is 0 Å². The second-order valence-corrected chi connectivity index (χ2v) is 6.34. The van der Waals surface area contributed by atoms with Gasteiger partial charge in [0.25, 0.3) is 0 Å². The van der Waals surface area contributed by atoms with Crippen molar-refractivity contribution >= 4 is 10.0 Å². The zero-order valence-corrected chi connectivity index (χ0v) is 10.9. The molecule has 5 heteroatoms. The Morgan fingerprint density at radius 3 is 2.94 bits per heavy atom. The Morgan fingerprint density at radius 1 is 1.47 bits per heavy atom. The van der Waals surface area contributed by atoms with Gasteiger partial charge < -0.3 is 4.74 Å². The molecule has 0 aliphatic carbocycles. The summed E-state index contributed by atoms with van der Waals surface area (Å²) < 4.78 is 30.2. The first-order valence-corrected chi connectivity index (χ1v) is 7.56. The SMILES string of the molecule is CC1CCc2cc(CNS(C)(=O)=O)ccc2O1. The van der Waals surface area contributed by atoms with Gasteiger partial charge in [0.15, 0.2) is 0 Å². The molecule has 0 saturated carbocycles. The Labute approximate surface area is 102 Å². The standard InChI is InChI=1S/C12H17NO3S/c1-9-3-5-11-7-10(4-6-12(11)16-9)8-13-17(2,14)15/h4,6-7,9,13H,3,5,8H2,1-2H3. The van der Waals surface area contributed by atoms with Gasteiger partial charge in [0.05, 0.1) is 12.4 Å². The number of fused-ring (bicyclic) bond motifs is 1. The van der Waals surface area contributed by atoms with E-state index in [1.54, 1.807) is 0 Å². The van der Waals surface area contributed by atoms with Crippen LogP contribution >= 0.6 is 0 Å². The van der Waals surface area contributed by atoms with Crippen molar-refractivity contribution in [2.24, 2.45) is 0 Å². The van der Waals surface area contributed by atoms with Crippen molar-refractivity contribution in [3.05, 3.63) is 29.3 Å². The summed E-state index contributed by atoms with van der Waals surface area (Å²) in [5.74, 6) is 0.923. The fourth-order valence-corrected chi connectivity index (χ4v) is 2.33. The maximum Gasteiger partial charge on any atom is 0.209 e. The first kappa shape index (κ1) is 12.4. The van der Waals surface area contributed by atoms with Gasteiger partial charge in [-0.2, -0.15) is 0 Å². The maximum atomic E-state index is 11.0. The van der Waals surface area contributed by atoms with E-state index >= 15 is 0 Å². The summed E-state index contributed by atoms with van der Waals surface area (Å²) in [6, 6.07) is 5.83. The van der Waals surface area contributed by atoms with E-state index in [0.717, 1.165) is 36.0 Å². The molecular formula is C12H17NO3S. The highest BCUT2D eigenvalue weighted by molar-refractivity contribution is 7.88. The second kappa shape index (κ2) is 4.66. The van der Waals surface area contributed by atoms with Gasteiger partial charge in [-0.3, -0.25) is 0 Å². The average Bonchev–Trinajstić information content (AvgIpc) is 2.25. The molecule has 17 heavy (non-hydrogen) atoms. The maximum absolute atomic E-state index is 11.0. The van der Waals surface area contributed by atoms with Crippen LogP contribution in [0.4, 0.5) is 0 Å². The van der Waals surface area contributed by atoms with Crippen LogP contribution in [0.1, 0.15) is 24.5 Å². The summed E-state index contributed by atoms with van der Waals surface area (Å²) in [4.78, 5) is 0. The molecule has 1 atom stereocenters. The lowest BCUT2D eigenvalue weighted by Crippen LogP contribution is -2.22. The highest BCUT2D eigenvalue weighted by Gasteiger charge is 2.16. The lowest BCUT2D eigenvalue weighted by molar-refractivity contribution is 0.192. The van der Waals surface area contributed by atoms with Crippen LogP contribution in [0.3, 0.4) is 0 Å². The molecule has 1 aromatic carbocycles. The molecule has 0 saturated heterocycles. The fourth-order valence-electron chi connectivity index (χ4n) is 1.90. The van der Waals surface area contributed by atoms with Gasteiger partial charge in [-0.15, -0.1) is 0 Å². The third-order valence-corrected chi connectivity index (χ3v) is 3.48. The molecule has 1 aliphatic heterocycles. The summed E-state index contributed by atoms with van der Waals surface area (Å²) in [7, 11) is -3.13. The van der Waals surface area contributed by atoms with Crippen LogP contribution in [-0.2, 0) is 23.0 Å². The van der Waals surface area contributed by atoms with E-state index < -0.39 is 10.0 Å². The number of rotatable bonds is 3. The van der Waals surface area contributed by atoms with Crippen molar-refractivity contribution in [2.75, 3.05) is 6.26 Å². The molecule has 94 valence electrons. The lowest BCUT2D eigenvalue weighted by Gasteiger charge is -2.23. The summed E-state index contributed by atoms with van der Waals surface area (Å²) in [5.41, 5.74) is 2.13. The molecule has 0 spiro atoms. The number of ether oxygens (including phenoxy) is 1. The van der Waals surface area contributed by atoms with Gasteiger partial charge in [-0.1, -0.05) is 12.1 Å². The third-order valence-electron chi connectivity index (χ3n) is 2.81. The zero-order valence-electron chi connectivity index (χ0n) is 10.1.